The van der Waals surface area contributed by atoms with Crippen LogP contribution in [0.5, 0.6) is 0 Å². The fraction of sp³-hybridized carbons (Fsp3) is 0.267. The van der Waals surface area contributed by atoms with Crippen molar-refractivity contribution >= 4 is 17.3 Å². The molecule has 0 aliphatic heterocycles. The van der Waals surface area contributed by atoms with Crippen molar-refractivity contribution in [1.82, 2.24) is 9.97 Å². The van der Waals surface area contributed by atoms with Gasteiger partial charge in [-0.2, -0.15) is 5.26 Å². The lowest BCUT2D eigenvalue weighted by Crippen LogP contribution is -2.06. The molecule has 0 bridgehead atoms. The maximum Gasteiger partial charge on any atom is 0.136 e. The van der Waals surface area contributed by atoms with Gasteiger partial charge in [0.15, 0.2) is 0 Å². The fourth-order valence-electron chi connectivity index (χ4n) is 1.85. The van der Waals surface area contributed by atoms with Crippen LogP contribution in [0.2, 0.25) is 0 Å². The summed E-state index contributed by atoms with van der Waals surface area (Å²) in [5, 5.41) is 15.2. The number of anilines is 3. The molecule has 0 spiro atoms. The zero-order chi connectivity index (χ0) is 15.2. The highest BCUT2D eigenvalue weighted by molar-refractivity contribution is 5.65. The first-order chi connectivity index (χ1) is 10.2. The second-order valence-corrected chi connectivity index (χ2v) is 4.37. The van der Waals surface area contributed by atoms with Crippen molar-refractivity contribution in [2.75, 3.05) is 17.2 Å². The van der Waals surface area contributed by atoms with E-state index in [2.05, 4.69) is 20.6 Å². The highest BCUT2D eigenvalue weighted by Crippen LogP contribution is 2.22. The molecule has 5 nitrogen and oxygen atoms in total. The molecule has 0 saturated carbocycles. The number of nitrogens with zero attached hydrogens (tertiary/aromatic N) is 3. The molecule has 0 fully saturated rings. The van der Waals surface area contributed by atoms with Crippen molar-refractivity contribution in [2.45, 2.75) is 20.3 Å². The third kappa shape index (κ3) is 3.66. The molecule has 6 heteroatoms. The number of rotatable bonds is 5. The summed E-state index contributed by atoms with van der Waals surface area (Å²) < 4.78 is 13.1. The van der Waals surface area contributed by atoms with E-state index in [0.29, 0.717) is 29.6 Å². The summed E-state index contributed by atoms with van der Waals surface area (Å²) in [6.45, 7) is 4.70. The van der Waals surface area contributed by atoms with Gasteiger partial charge in [0.25, 0.3) is 0 Å². The summed E-state index contributed by atoms with van der Waals surface area (Å²) in [4.78, 5) is 8.71. The molecular weight excluding hydrogens is 269 g/mol. The maximum absolute atomic E-state index is 13.1. The fourth-order valence-corrected chi connectivity index (χ4v) is 1.85. The minimum Gasteiger partial charge on any atom is -0.370 e. The summed E-state index contributed by atoms with van der Waals surface area (Å²) in [5.74, 6) is 1.53. The minimum absolute atomic E-state index is 0.233. The Kier molecular flexibility index (Phi) is 4.67. The Bertz CT molecular complexity index is 678. The number of hydrogen-bond donors (Lipinski definition) is 2. The summed E-state index contributed by atoms with van der Waals surface area (Å²) >= 11 is 0. The van der Waals surface area contributed by atoms with Gasteiger partial charge in [-0.1, -0.05) is 6.92 Å². The first kappa shape index (κ1) is 14.7. The summed E-state index contributed by atoms with van der Waals surface area (Å²) in [5.41, 5.74) is 0.749. The average molecular weight is 285 g/mol. The van der Waals surface area contributed by atoms with Crippen molar-refractivity contribution in [3.05, 3.63) is 41.5 Å². The smallest absolute Gasteiger partial charge is 0.136 e. The van der Waals surface area contributed by atoms with E-state index in [1.807, 2.05) is 19.9 Å². The van der Waals surface area contributed by atoms with Crippen molar-refractivity contribution in [3.63, 3.8) is 0 Å². The average Bonchev–Trinajstić information content (AvgIpc) is 2.49. The lowest BCUT2D eigenvalue weighted by Gasteiger charge is -2.11. The highest BCUT2D eigenvalue weighted by atomic mass is 19.1. The Morgan fingerprint density at radius 2 is 1.95 bits per heavy atom. The Morgan fingerprint density at radius 1 is 1.19 bits per heavy atom. The number of aryl methyl sites for hydroxylation is 1. The Morgan fingerprint density at radius 3 is 2.62 bits per heavy atom. The standard InChI is InChI=1S/C15H16FN5/c1-3-13-20-14(18-4-2)8-15(21-13)19-12-6-5-11(16)7-10(12)9-17/h5-8H,3-4H2,1-2H3,(H2,18,19,20,21). The molecular formula is C15H16FN5. The van der Waals surface area contributed by atoms with E-state index in [-0.39, 0.29) is 5.56 Å². The Hall–Kier alpha value is -2.68. The van der Waals surface area contributed by atoms with Gasteiger partial charge in [0.1, 0.15) is 29.3 Å². The van der Waals surface area contributed by atoms with Crippen LogP contribution in [0.1, 0.15) is 25.2 Å². The van der Waals surface area contributed by atoms with Gasteiger partial charge in [0.2, 0.25) is 0 Å². The van der Waals surface area contributed by atoms with Crippen LogP contribution < -0.4 is 10.6 Å². The molecule has 1 aromatic heterocycles. The molecule has 0 radical (unpaired) electrons. The third-order valence-corrected chi connectivity index (χ3v) is 2.81. The van der Waals surface area contributed by atoms with E-state index in [1.165, 1.54) is 18.2 Å². The number of nitrogens with one attached hydrogen (secondary N) is 2. The highest BCUT2D eigenvalue weighted by Gasteiger charge is 2.07. The van der Waals surface area contributed by atoms with E-state index in [0.717, 1.165) is 6.54 Å². The normalized spacial score (nSPS) is 10.0. The molecule has 0 saturated heterocycles. The first-order valence-electron chi connectivity index (χ1n) is 6.74. The van der Waals surface area contributed by atoms with Gasteiger partial charge in [-0.05, 0) is 25.1 Å². The van der Waals surface area contributed by atoms with Crippen LogP contribution in [0.15, 0.2) is 24.3 Å². The zero-order valence-electron chi connectivity index (χ0n) is 11.9. The molecule has 0 aliphatic rings. The van der Waals surface area contributed by atoms with E-state index in [9.17, 15) is 4.39 Å². The van der Waals surface area contributed by atoms with Crippen LogP contribution in [0.25, 0.3) is 0 Å². The SMILES string of the molecule is CCNc1cc(Nc2ccc(F)cc2C#N)nc(CC)n1. The van der Waals surface area contributed by atoms with E-state index < -0.39 is 5.82 Å². The van der Waals surface area contributed by atoms with Crippen LogP contribution >= 0.6 is 0 Å². The summed E-state index contributed by atoms with van der Waals surface area (Å²) in [6.07, 6.45) is 0.697. The van der Waals surface area contributed by atoms with Crippen molar-refractivity contribution < 1.29 is 4.39 Å². The number of hydrogen-bond acceptors (Lipinski definition) is 5. The lowest BCUT2D eigenvalue weighted by atomic mass is 10.2. The van der Waals surface area contributed by atoms with Gasteiger partial charge in [0, 0.05) is 19.0 Å². The molecule has 0 aliphatic carbocycles. The largest absolute Gasteiger partial charge is 0.370 e. The van der Waals surface area contributed by atoms with Crippen LogP contribution in [0.4, 0.5) is 21.7 Å². The quantitative estimate of drug-likeness (QED) is 0.882. The minimum atomic E-state index is -0.442. The molecule has 1 heterocycles. The lowest BCUT2D eigenvalue weighted by molar-refractivity contribution is 0.627. The van der Waals surface area contributed by atoms with Gasteiger partial charge in [-0.3, -0.25) is 0 Å². The maximum atomic E-state index is 13.1. The Balaban J connectivity index is 2.35. The number of aromatic nitrogens is 2. The van der Waals surface area contributed by atoms with E-state index >= 15 is 0 Å². The van der Waals surface area contributed by atoms with Gasteiger partial charge >= 0.3 is 0 Å². The molecule has 0 atom stereocenters. The number of benzene rings is 1. The molecule has 108 valence electrons. The van der Waals surface area contributed by atoms with Crippen molar-refractivity contribution in [3.8, 4) is 6.07 Å². The topological polar surface area (TPSA) is 73.6 Å². The molecule has 1 aromatic carbocycles. The summed E-state index contributed by atoms with van der Waals surface area (Å²) in [7, 11) is 0. The van der Waals surface area contributed by atoms with E-state index in [1.54, 1.807) is 6.07 Å². The zero-order valence-corrected chi connectivity index (χ0v) is 11.9. The predicted molar refractivity (Wildman–Crippen MR) is 80.0 cm³/mol. The molecule has 2 aromatic rings. The van der Waals surface area contributed by atoms with Gasteiger partial charge in [-0.25, -0.2) is 14.4 Å². The summed E-state index contributed by atoms with van der Waals surface area (Å²) in [6, 6.07) is 7.73. The van der Waals surface area contributed by atoms with Gasteiger partial charge in [-0.15, -0.1) is 0 Å². The Labute approximate surface area is 122 Å². The van der Waals surface area contributed by atoms with Gasteiger partial charge in [0.05, 0.1) is 11.3 Å². The van der Waals surface area contributed by atoms with Gasteiger partial charge < -0.3 is 10.6 Å². The molecule has 2 rings (SSSR count). The predicted octanol–water partition coefficient (Wildman–Crippen LogP) is 3.23. The van der Waals surface area contributed by atoms with Crippen LogP contribution in [0.3, 0.4) is 0 Å². The second kappa shape index (κ2) is 6.66. The van der Waals surface area contributed by atoms with Crippen LogP contribution in [-0.4, -0.2) is 16.5 Å². The number of halogens is 1. The molecule has 0 unspecified atom stereocenters. The molecule has 21 heavy (non-hydrogen) atoms. The van der Waals surface area contributed by atoms with Crippen molar-refractivity contribution in [1.29, 1.82) is 5.26 Å². The first-order valence-corrected chi connectivity index (χ1v) is 6.74. The molecule has 2 N–H and O–H groups in total. The van der Waals surface area contributed by atoms with Crippen molar-refractivity contribution in [2.24, 2.45) is 0 Å². The van der Waals surface area contributed by atoms with Crippen LogP contribution in [-0.2, 0) is 6.42 Å². The molecule has 0 amide bonds. The monoisotopic (exact) mass is 285 g/mol. The second-order valence-electron chi connectivity index (χ2n) is 4.37. The number of nitriles is 1. The van der Waals surface area contributed by atoms with Crippen LogP contribution in [0, 0.1) is 17.1 Å². The van der Waals surface area contributed by atoms with E-state index in [4.69, 9.17) is 5.26 Å². The third-order valence-electron chi connectivity index (χ3n) is 2.81.